The molecule has 4 nitrogen and oxygen atoms in total. The summed E-state index contributed by atoms with van der Waals surface area (Å²) in [6.45, 7) is 2.26. The minimum absolute atomic E-state index is 0.266. The van der Waals surface area contributed by atoms with Gasteiger partial charge in [0.05, 0.1) is 18.8 Å². The monoisotopic (exact) mass is 378 g/mol. The number of ether oxygens (including phenoxy) is 1. The van der Waals surface area contributed by atoms with Gasteiger partial charge in [0.25, 0.3) is 0 Å². The molecular formula is C20H21F3N2O2. The summed E-state index contributed by atoms with van der Waals surface area (Å²) in [5.41, 5.74) is 0.646. The van der Waals surface area contributed by atoms with Crippen LogP contribution in [0.5, 0.6) is 5.75 Å². The lowest BCUT2D eigenvalue weighted by Crippen LogP contribution is -2.43. The van der Waals surface area contributed by atoms with Gasteiger partial charge in [-0.15, -0.1) is 0 Å². The number of hydrogen-bond donors (Lipinski definition) is 1. The zero-order valence-electron chi connectivity index (χ0n) is 15.1. The molecule has 1 aliphatic rings. The third-order valence-electron chi connectivity index (χ3n) is 4.71. The van der Waals surface area contributed by atoms with Crippen LogP contribution < -0.4 is 10.1 Å². The summed E-state index contributed by atoms with van der Waals surface area (Å²) < 4.78 is 45.4. The highest BCUT2D eigenvalue weighted by molar-refractivity contribution is 5.94. The van der Waals surface area contributed by atoms with E-state index in [1.165, 1.54) is 0 Å². The van der Waals surface area contributed by atoms with Gasteiger partial charge in [0.2, 0.25) is 5.91 Å². The highest BCUT2D eigenvalue weighted by Crippen LogP contribution is 2.31. The first kappa shape index (κ1) is 19.2. The molecule has 0 aliphatic heterocycles. The van der Waals surface area contributed by atoms with Gasteiger partial charge in [-0.1, -0.05) is 12.1 Å². The van der Waals surface area contributed by atoms with E-state index in [1.54, 1.807) is 14.0 Å². The van der Waals surface area contributed by atoms with E-state index in [2.05, 4.69) is 5.32 Å². The topological polar surface area (TPSA) is 41.6 Å². The molecule has 3 rings (SSSR count). The summed E-state index contributed by atoms with van der Waals surface area (Å²) in [5, 5.41) is 2.36. The fourth-order valence-electron chi connectivity index (χ4n) is 2.94. The predicted octanol–water partition coefficient (Wildman–Crippen LogP) is 4.10. The molecule has 27 heavy (non-hydrogen) atoms. The second-order valence-corrected chi connectivity index (χ2v) is 6.64. The van der Waals surface area contributed by atoms with Crippen LogP contribution in [0.3, 0.4) is 0 Å². The Morgan fingerprint density at radius 2 is 1.81 bits per heavy atom. The van der Waals surface area contributed by atoms with E-state index in [1.807, 2.05) is 29.2 Å². The summed E-state index contributed by atoms with van der Waals surface area (Å²) in [7, 11) is 1.59. The minimum Gasteiger partial charge on any atom is -0.497 e. The Labute approximate surface area is 155 Å². The van der Waals surface area contributed by atoms with Crippen LogP contribution in [-0.4, -0.2) is 30.0 Å². The summed E-state index contributed by atoms with van der Waals surface area (Å²) in [5.74, 6) is -4.02. The molecule has 1 amide bonds. The molecule has 0 bridgehead atoms. The highest BCUT2D eigenvalue weighted by atomic mass is 19.2. The number of nitrogens with one attached hydrogen (secondary N) is 1. The Morgan fingerprint density at radius 3 is 2.41 bits per heavy atom. The molecule has 0 saturated heterocycles. The van der Waals surface area contributed by atoms with Gasteiger partial charge in [0.1, 0.15) is 5.75 Å². The molecule has 144 valence electrons. The van der Waals surface area contributed by atoms with Crippen LogP contribution in [0, 0.1) is 17.5 Å². The van der Waals surface area contributed by atoms with Crippen molar-refractivity contribution in [1.29, 1.82) is 0 Å². The number of nitrogens with zero attached hydrogens (tertiary/aromatic N) is 1. The van der Waals surface area contributed by atoms with E-state index >= 15 is 0 Å². The van der Waals surface area contributed by atoms with Gasteiger partial charge >= 0.3 is 0 Å². The van der Waals surface area contributed by atoms with Crippen molar-refractivity contribution in [3.63, 3.8) is 0 Å². The lowest BCUT2D eigenvalue weighted by molar-refractivity contribution is -0.121. The number of anilines is 1. The Balaban J connectivity index is 1.71. The van der Waals surface area contributed by atoms with Gasteiger partial charge in [0.15, 0.2) is 17.5 Å². The lowest BCUT2D eigenvalue weighted by atomic mass is 10.1. The van der Waals surface area contributed by atoms with Crippen molar-refractivity contribution in [2.75, 3.05) is 12.4 Å². The Kier molecular flexibility index (Phi) is 5.70. The number of carbonyl (C=O) groups is 1. The summed E-state index contributed by atoms with van der Waals surface area (Å²) in [6.07, 6.45) is 1.96. The van der Waals surface area contributed by atoms with E-state index < -0.39 is 29.4 Å². The summed E-state index contributed by atoms with van der Waals surface area (Å²) in [6, 6.07) is 9.05. The van der Waals surface area contributed by atoms with Crippen molar-refractivity contribution in [3.05, 3.63) is 59.4 Å². The molecule has 2 aromatic carbocycles. The van der Waals surface area contributed by atoms with Crippen LogP contribution in [0.15, 0.2) is 36.4 Å². The van der Waals surface area contributed by atoms with Gasteiger partial charge < -0.3 is 10.1 Å². The second-order valence-electron chi connectivity index (χ2n) is 6.64. The molecule has 2 aromatic rings. The number of benzene rings is 2. The number of amides is 1. The third-order valence-corrected chi connectivity index (χ3v) is 4.71. The quantitative estimate of drug-likeness (QED) is 0.738. The van der Waals surface area contributed by atoms with Crippen LogP contribution in [0.4, 0.5) is 18.9 Å². The van der Waals surface area contributed by atoms with Crippen LogP contribution in [-0.2, 0) is 11.3 Å². The van der Waals surface area contributed by atoms with Gasteiger partial charge in [-0.25, -0.2) is 13.2 Å². The Morgan fingerprint density at radius 1 is 1.15 bits per heavy atom. The summed E-state index contributed by atoms with van der Waals surface area (Å²) in [4.78, 5) is 14.6. The number of methoxy groups -OCH3 is 1. The molecule has 1 N–H and O–H groups in total. The van der Waals surface area contributed by atoms with Crippen LogP contribution in [0.25, 0.3) is 0 Å². The van der Waals surface area contributed by atoms with Crippen LogP contribution in [0.2, 0.25) is 0 Å². The van der Waals surface area contributed by atoms with Crippen molar-refractivity contribution in [2.45, 2.75) is 38.4 Å². The van der Waals surface area contributed by atoms with Crippen molar-refractivity contribution in [1.82, 2.24) is 4.90 Å². The molecule has 0 heterocycles. The van der Waals surface area contributed by atoms with E-state index in [0.29, 0.717) is 6.54 Å². The predicted molar refractivity (Wildman–Crippen MR) is 96.0 cm³/mol. The smallest absolute Gasteiger partial charge is 0.241 e. The normalized spacial score (nSPS) is 14.9. The fraction of sp³-hybridized carbons (Fsp3) is 0.350. The second kappa shape index (κ2) is 8.00. The fourth-order valence-corrected chi connectivity index (χ4v) is 2.94. The number of carbonyl (C=O) groups excluding carboxylic acids is 1. The third kappa shape index (κ3) is 4.42. The van der Waals surface area contributed by atoms with Crippen molar-refractivity contribution < 1.29 is 22.7 Å². The van der Waals surface area contributed by atoms with Crippen LogP contribution >= 0.6 is 0 Å². The SMILES string of the molecule is COc1ccc(CN(C2CC2)[C@H](C)C(=O)Nc2ccc(F)c(F)c2F)cc1. The van der Waals surface area contributed by atoms with Gasteiger partial charge in [0, 0.05) is 12.6 Å². The first-order chi connectivity index (χ1) is 12.9. The van der Waals surface area contributed by atoms with E-state index in [0.717, 1.165) is 36.3 Å². The van der Waals surface area contributed by atoms with E-state index in [-0.39, 0.29) is 11.7 Å². The average Bonchev–Trinajstić information content (AvgIpc) is 3.51. The van der Waals surface area contributed by atoms with E-state index in [9.17, 15) is 18.0 Å². The maximum Gasteiger partial charge on any atom is 0.241 e. The molecule has 7 heteroatoms. The molecule has 0 spiro atoms. The molecule has 1 atom stereocenters. The maximum absolute atomic E-state index is 13.8. The molecule has 1 fully saturated rings. The molecule has 1 saturated carbocycles. The molecule has 0 radical (unpaired) electrons. The zero-order chi connectivity index (χ0) is 19.6. The van der Waals surface area contributed by atoms with Crippen molar-refractivity contribution in [3.8, 4) is 5.75 Å². The first-order valence-electron chi connectivity index (χ1n) is 8.73. The molecule has 0 aromatic heterocycles. The number of halogens is 3. The molecule has 0 unspecified atom stereocenters. The van der Waals surface area contributed by atoms with E-state index in [4.69, 9.17) is 4.74 Å². The average molecular weight is 378 g/mol. The van der Waals surface area contributed by atoms with Crippen molar-refractivity contribution in [2.24, 2.45) is 0 Å². The largest absolute Gasteiger partial charge is 0.497 e. The minimum atomic E-state index is -1.60. The standard InChI is InChI=1S/C20H21F3N2O2/c1-12(20(26)24-17-10-9-16(21)18(22)19(17)23)25(14-5-6-14)11-13-3-7-15(27-2)8-4-13/h3-4,7-10,12,14H,5-6,11H2,1-2H3,(H,24,26)/t12-/m1/s1. The van der Waals surface area contributed by atoms with Gasteiger partial charge in [-0.05, 0) is 49.6 Å². The Hall–Kier alpha value is -2.54. The van der Waals surface area contributed by atoms with Gasteiger partial charge in [-0.3, -0.25) is 9.69 Å². The molecular weight excluding hydrogens is 357 g/mol. The van der Waals surface area contributed by atoms with Crippen LogP contribution in [0.1, 0.15) is 25.3 Å². The first-order valence-corrected chi connectivity index (χ1v) is 8.73. The number of rotatable bonds is 7. The number of hydrogen-bond acceptors (Lipinski definition) is 3. The summed E-state index contributed by atoms with van der Waals surface area (Å²) >= 11 is 0. The lowest BCUT2D eigenvalue weighted by Gasteiger charge is -2.28. The highest BCUT2D eigenvalue weighted by Gasteiger charge is 2.35. The Bertz CT molecular complexity index is 823. The van der Waals surface area contributed by atoms with Gasteiger partial charge in [-0.2, -0.15) is 0 Å². The zero-order valence-corrected chi connectivity index (χ0v) is 15.1. The molecule has 1 aliphatic carbocycles. The maximum atomic E-state index is 13.8. The van der Waals surface area contributed by atoms with Crippen molar-refractivity contribution >= 4 is 11.6 Å².